The number of halogens is 1. The van der Waals surface area contributed by atoms with Gasteiger partial charge in [-0.2, -0.15) is 9.97 Å². The van der Waals surface area contributed by atoms with Crippen LogP contribution in [0.5, 0.6) is 6.01 Å². The van der Waals surface area contributed by atoms with Crippen molar-refractivity contribution >= 4 is 45.1 Å². The van der Waals surface area contributed by atoms with Gasteiger partial charge in [0.1, 0.15) is 17.9 Å². The molecule has 6 rings (SSSR count). The van der Waals surface area contributed by atoms with Crippen molar-refractivity contribution < 1.29 is 9.53 Å². The summed E-state index contributed by atoms with van der Waals surface area (Å²) in [6, 6.07) is 11.8. The first kappa shape index (κ1) is 29.1. The van der Waals surface area contributed by atoms with Gasteiger partial charge in [-0.3, -0.25) is 14.2 Å². The smallest absolute Gasteiger partial charge is 0.319 e. The number of amides is 1. The number of rotatable bonds is 7. The highest BCUT2D eigenvalue weighted by Crippen LogP contribution is 2.32. The Labute approximate surface area is 255 Å². The standard InChI is InChI=1S/C32H36ClN7O3/c1-5-25-34-28-29(31(42)40(25)24-14-8-11-21-10-7-13-23(33)27(21)24)35-32(43-19-22-12-9-15-37(22)4)36-30(28)39-17-16-38(18-20(39)3)26(41)6-2/h6-8,10-11,13-14,20,22H,2,5,9,12,15-19H2,1,3-4H3/t20-,22?/m0/s1. The van der Waals surface area contributed by atoms with Gasteiger partial charge in [0.05, 0.1) is 10.7 Å². The van der Waals surface area contributed by atoms with Crippen molar-refractivity contribution in [3.63, 3.8) is 0 Å². The molecule has 0 radical (unpaired) electrons. The minimum absolute atomic E-state index is 0.0873. The normalized spacial score (nSPS) is 19.3. The van der Waals surface area contributed by atoms with Crippen LogP contribution in [0.2, 0.25) is 5.02 Å². The number of piperazine rings is 1. The van der Waals surface area contributed by atoms with E-state index in [9.17, 15) is 9.59 Å². The number of aryl methyl sites for hydroxylation is 1. The highest BCUT2D eigenvalue weighted by Gasteiger charge is 2.31. The lowest BCUT2D eigenvalue weighted by atomic mass is 10.1. The fourth-order valence-corrected chi connectivity index (χ4v) is 6.53. The van der Waals surface area contributed by atoms with Gasteiger partial charge in [-0.1, -0.05) is 49.4 Å². The maximum Gasteiger partial charge on any atom is 0.319 e. The average Bonchev–Trinajstić information content (AvgIpc) is 3.43. The number of aromatic nitrogens is 4. The molecule has 0 saturated carbocycles. The van der Waals surface area contributed by atoms with Crippen LogP contribution in [-0.2, 0) is 11.2 Å². The Morgan fingerprint density at radius 1 is 1.12 bits per heavy atom. The Kier molecular flexibility index (Phi) is 8.07. The van der Waals surface area contributed by atoms with Crippen molar-refractivity contribution in [2.45, 2.75) is 45.2 Å². The summed E-state index contributed by atoms with van der Waals surface area (Å²) < 4.78 is 7.81. The lowest BCUT2D eigenvalue weighted by Gasteiger charge is -2.40. The Hall–Kier alpha value is -4.02. The van der Waals surface area contributed by atoms with Gasteiger partial charge in [-0.25, -0.2) is 4.98 Å². The van der Waals surface area contributed by atoms with Gasteiger partial charge in [0, 0.05) is 43.5 Å². The van der Waals surface area contributed by atoms with Crippen LogP contribution in [0.3, 0.4) is 0 Å². The van der Waals surface area contributed by atoms with Gasteiger partial charge in [-0.15, -0.1) is 0 Å². The van der Waals surface area contributed by atoms with E-state index in [1.807, 2.05) is 50.2 Å². The van der Waals surface area contributed by atoms with E-state index < -0.39 is 0 Å². The second-order valence-electron chi connectivity index (χ2n) is 11.3. The molecule has 2 aliphatic heterocycles. The van der Waals surface area contributed by atoms with E-state index in [1.54, 1.807) is 9.47 Å². The summed E-state index contributed by atoms with van der Waals surface area (Å²) in [6.45, 7) is 10.6. The summed E-state index contributed by atoms with van der Waals surface area (Å²) in [7, 11) is 2.09. The van der Waals surface area contributed by atoms with E-state index in [1.165, 1.54) is 6.08 Å². The minimum atomic E-state index is -0.311. The first-order chi connectivity index (χ1) is 20.8. The maximum atomic E-state index is 14.5. The average molecular weight is 602 g/mol. The summed E-state index contributed by atoms with van der Waals surface area (Å²) in [5.74, 6) is 1.00. The molecule has 2 aromatic heterocycles. The number of carbonyl (C=O) groups excluding carboxylic acids is 1. The third-order valence-corrected chi connectivity index (χ3v) is 8.92. The molecule has 2 atom stereocenters. The molecule has 4 aromatic rings. The zero-order valence-electron chi connectivity index (χ0n) is 24.8. The van der Waals surface area contributed by atoms with Crippen molar-refractivity contribution in [1.29, 1.82) is 0 Å². The predicted octanol–water partition coefficient (Wildman–Crippen LogP) is 4.24. The van der Waals surface area contributed by atoms with E-state index in [2.05, 4.69) is 28.4 Å². The lowest BCUT2D eigenvalue weighted by molar-refractivity contribution is -0.126. The second kappa shape index (κ2) is 11.9. The topological polar surface area (TPSA) is 96.7 Å². The number of likely N-dealkylation sites (tertiary alicyclic amines) is 1. The molecular weight excluding hydrogens is 566 g/mol. The van der Waals surface area contributed by atoms with Gasteiger partial charge >= 0.3 is 6.01 Å². The maximum absolute atomic E-state index is 14.5. The zero-order chi connectivity index (χ0) is 30.2. The summed E-state index contributed by atoms with van der Waals surface area (Å²) in [4.78, 5) is 47.5. The van der Waals surface area contributed by atoms with Crippen LogP contribution in [0.1, 0.15) is 32.5 Å². The van der Waals surface area contributed by atoms with Crippen LogP contribution < -0.4 is 15.2 Å². The fourth-order valence-electron chi connectivity index (χ4n) is 6.25. The molecule has 2 fully saturated rings. The SMILES string of the molecule is C=CC(=O)N1CCN(c2nc(OCC3CCCN3C)nc3c(=O)n(-c4cccc5cccc(Cl)c45)c(CC)nc23)[C@@H](C)C1. The largest absolute Gasteiger partial charge is 0.462 e. The van der Waals surface area contributed by atoms with Gasteiger partial charge in [0.2, 0.25) is 5.91 Å². The van der Waals surface area contributed by atoms with Crippen LogP contribution in [-0.4, -0.2) is 87.1 Å². The zero-order valence-corrected chi connectivity index (χ0v) is 25.5. The first-order valence-electron chi connectivity index (χ1n) is 14.8. The molecule has 0 bridgehead atoms. The van der Waals surface area contributed by atoms with Crippen molar-refractivity contribution in [3.8, 4) is 11.7 Å². The summed E-state index contributed by atoms with van der Waals surface area (Å²) in [5.41, 5.74) is 0.941. The fraction of sp³-hybridized carbons (Fsp3) is 0.406. The number of benzene rings is 2. The van der Waals surface area contributed by atoms with Crippen LogP contribution in [0.4, 0.5) is 5.82 Å². The molecule has 224 valence electrons. The quantitative estimate of drug-likeness (QED) is 0.290. The first-order valence-corrected chi connectivity index (χ1v) is 15.2. The van der Waals surface area contributed by atoms with Crippen molar-refractivity contribution in [2.75, 3.05) is 44.7 Å². The molecule has 2 saturated heterocycles. The summed E-state index contributed by atoms with van der Waals surface area (Å²) >= 11 is 6.68. The number of nitrogens with zero attached hydrogens (tertiary/aromatic N) is 7. The van der Waals surface area contributed by atoms with Crippen molar-refractivity contribution in [2.24, 2.45) is 0 Å². The Bertz CT molecular complexity index is 1770. The summed E-state index contributed by atoms with van der Waals surface area (Å²) in [6.07, 6.45) is 3.98. The molecule has 11 heteroatoms. The molecule has 1 amide bonds. The van der Waals surface area contributed by atoms with E-state index in [0.717, 1.165) is 30.2 Å². The monoisotopic (exact) mass is 601 g/mol. The molecule has 10 nitrogen and oxygen atoms in total. The second-order valence-corrected chi connectivity index (χ2v) is 11.7. The van der Waals surface area contributed by atoms with Crippen LogP contribution in [0, 0.1) is 0 Å². The summed E-state index contributed by atoms with van der Waals surface area (Å²) in [5, 5.41) is 2.25. The van der Waals surface area contributed by atoms with Gasteiger partial charge in [0.25, 0.3) is 5.56 Å². The third-order valence-electron chi connectivity index (χ3n) is 8.60. The van der Waals surface area contributed by atoms with E-state index in [0.29, 0.717) is 60.5 Å². The molecule has 43 heavy (non-hydrogen) atoms. The van der Waals surface area contributed by atoms with E-state index in [-0.39, 0.29) is 35.1 Å². The molecule has 0 N–H and O–H groups in total. The Morgan fingerprint density at radius 2 is 1.91 bits per heavy atom. The third kappa shape index (κ3) is 5.34. The number of ether oxygens (including phenoxy) is 1. The van der Waals surface area contributed by atoms with E-state index in [4.69, 9.17) is 26.3 Å². The number of hydrogen-bond acceptors (Lipinski definition) is 8. The van der Waals surface area contributed by atoms with Crippen molar-refractivity contribution in [1.82, 2.24) is 29.3 Å². The van der Waals surface area contributed by atoms with Gasteiger partial charge in [0.15, 0.2) is 11.3 Å². The van der Waals surface area contributed by atoms with Crippen molar-refractivity contribution in [3.05, 3.63) is 70.3 Å². The Morgan fingerprint density at radius 3 is 2.60 bits per heavy atom. The number of anilines is 1. The number of carbonyl (C=O) groups is 1. The molecule has 2 aromatic carbocycles. The molecule has 0 aliphatic carbocycles. The molecule has 0 spiro atoms. The Balaban J connectivity index is 1.53. The highest BCUT2D eigenvalue weighted by molar-refractivity contribution is 6.36. The number of hydrogen-bond donors (Lipinski definition) is 0. The van der Waals surface area contributed by atoms with Crippen LogP contribution >= 0.6 is 11.6 Å². The number of fused-ring (bicyclic) bond motifs is 2. The molecular formula is C32H36ClN7O3. The molecule has 2 aliphatic rings. The van der Waals surface area contributed by atoms with Gasteiger partial charge < -0.3 is 19.4 Å². The number of likely N-dealkylation sites (N-methyl/N-ethyl adjacent to an activating group) is 1. The van der Waals surface area contributed by atoms with Gasteiger partial charge in [-0.05, 0) is 57.0 Å². The van der Waals surface area contributed by atoms with Crippen LogP contribution in [0.25, 0.3) is 27.5 Å². The van der Waals surface area contributed by atoms with E-state index >= 15 is 0 Å². The lowest BCUT2D eigenvalue weighted by Crippen LogP contribution is -2.53. The molecule has 1 unspecified atom stereocenters. The highest BCUT2D eigenvalue weighted by atomic mass is 35.5. The minimum Gasteiger partial charge on any atom is -0.462 e. The predicted molar refractivity (Wildman–Crippen MR) is 170 cm³/mol. The molecule has 4 heterocycles. The van der Waals surface area contributed by atoms with Crippen LogP contribution in [0.15, 0.2) is 53.8 Å².